The molecule has 0 aliphatic carbocycles. The van der Waals surface area contributed by atoms with Crippen LogP contribution >= 0.6 is 0 Å². The van der Waals surface area contributed by atoms with Crippen molar-refractivity contribution in [1.29, 1.82) is 0 Å². The van der Waals surface area contributed by atoms with E-state index in [2.05, 4.69) is 73.7 Å². The van der Waals surface area contributed by atoms with Crippen LogP contribution in [0.1, 0.15) is 39.7 Å². The first-order valence-corrected chi connectivity index (χ1v) is 7.47. The predicted molar refractivity (Wildman–Crippen MR) is 82.7 cm³/mol. The van der Waals surface area contributed by atoms with Crippen LogP contribution in [0.2, 0.25) is 0 Å². The summed E-state index contributed by atoms with van der Waals surface area (Å²) in [6.45, 7) is 10.3. The van der Waals surface area contributed by atoms with Gasteiger partial charge in [-0.05, 0) is 57.0 Å². The zero-order valence-electron chi connectivity index (χ0n) is 12.6. The molecule has 2 heteroatoms. The zero-order chi connectivity index (χ0) is 13.8. The third-order valence-electron chi connectivity index (χ3n) is 4.08. The van der Waals surface area contributed by atoms with Crippen LogP contribution in [-0.2, 0) is 6.42 Å². The normalized spacial score (nSPS) is 13.6. The van der Waals surface area contributed by atoms with Crippen LogP contribution in [0.25, 0.3) is 5.52 Å². The van der Waals surface area contributed by atoms with Crippen LogP contribution in [0.15, 0.2) is 36.7 Å². The van der Waals surface area contributed by atoms with E-state index in [-0.39, 0.29) is 0 Å². The molecule has 19 heavy (non-hydrogen) atoms. The Morgan fingerprint density at radius 3 is 2.53 bits per heavy atom. The number of pyridine rings is 1. The Labute approximate surface area is 117 Å². The molecule has 1 unspecified atom stereocenters. The van der Waals surface area contributed by atoms with Crippen molar-refractivity contribution in [3.05, 3.63) is 42.2 Å². The van der Waals surface area contributed by atoms with E-state index < -0.39 is 0 Å². The molecule has 0 saturated heterocycles. The molecule has 0 radical (unpaired) electrons. The van der Waals surface area contributed by atoms with Gasteiger partial charge in [0.2, 0.25) is 0 Å². The van der Waals surface area contributed by atoms with E-state index in [9.17, 15) is 0 Å². The second-order valence-electron chi connectivity index (χ2n) is 5.52. The van der Waals surface area contributed by atoms with Gasteiger partial charge in [0.25, 0.3) is 0 Å². The Kier molecular flexibility index (Phi) is 4.65. The molecule has 0 fully saturated rings. The van der Waals surface area contributed by atoms with E-state index >= 15 is 0 Å². The molecule has 0 amide bonds. The summed E-state index contributed by atoms with van der Waals surface area (Å²) >= 11 is 0. The van der Waals surface area contributed by atoms with Gasteiger partial charge in [0.05, 0.1) is 0 Å². The highest BCUT2D eigenvalue weighted by Crippen LogP contribution is 2.19. The summed E-state index contributed by atoms with van der Waals surface area (Å²) in [6, 6.07) is 9.94. The molecule has 0 bridgehead atoms. The van der Waals surface area contributed by atoms with Crippen LogP contribution in [-0.4, -0.2) is 27.9 Å². The summed E-state index contributed by atoms with van der Waals surface area (Å²) in [7, 11) is 0. The van der Waals surface area contributed by atoms with Crippen molar-refractivity contribution in [2.45, 2.75) is 52.6 Å². The summed E-state index contributed by atoms with van der Waals surface area (Å²) < 4.78 is 2.22. The van der Waals surface area contributed by atoms with Crippen molar-refractivity contribution in [2.24, 2.45) is 0 Å². The average Bonchev–Trinajstić information content (AvgIpc) is 2.81. The number of hydrogen-bond donors (Lipinski definition) is 0. The van der Waals surface area contributed by atoms with Crippen LogP contribution in [0.4, 0.5) is 0 Å². The van der Waals surface area contributed by atoms with Crippen molar-refractivity contribution in [3.8, 4) is 0 Å². The first kappa shape index (κ1) is 14.1. The minimum absolute atomic E-state index is 0.615. The van der Waals surface area contributed by atoms with Gasteiger partial charge in [-0.2, -0.15) is 0 Å². The number of fused-ring (bicyclic) bond motifs is 1. The summed E-state index contributed by atoms with van der Waals surface area (Å²) in [4.78, 5) is 2.60. The van der Waals surface area contributed by atoms with E-state index in [0.29, 0.717) is 12.1 Å². The van der Waals surface area contributed by atoms with E-state index in [4.69, 9.17) is 0 Å². The molecule has 2 rings (SSSR count). The molecule has 2 nitrogen and oxygen atoms in total. The number of hydrogen-bond acceptors (Lipinski definition) is 1. The third kappa shape index (κ3) is 3.01. The second kappa shape index (κ2) is 6.25. The van der Waals surface area contributed by atoms with Crippen molar-refractivity contribution in [1.82, 2.24) is 9.30 Å². The van der Waals surface area contributed by atoms with Crippen LogP contribution < -0.4 is 0 Å². The Morgan fingerprint density at radius 1 is 1.11 bits per heavy atom. The molecule has 2 aromatic rings. The van der Waals surface area contributed by atoms with Gasteiger partial charge in [-0.15, -0.1) is 0 Å². The van der Waals surface area contributed by atoms with Crippen LogP contribution in [0.5, 0.6) is 0 Å². The quantitative estimate of drug-likeness (QED) is 0.760. The molecule has 0 aliphatic rings. The van der Waals surface area contributed by atoms with Crippen LogP contribution in [0, 0.1) is 0 Å². The Hall–Kier alpha value is -1.28. The van der Waals surface area contributed by atoms with E-state index in [1.807, 2.05) is 0 Å². The average molecular weight is 258 g/mol. The summed E-state index contributed by atoms with van der Waals surface area (Å²) in [5, 5.41) is 0. The largest absolute Gasteiger partial charge is 0.324 e. The standard InChI is InChI=1S/C17H26N2/c1-5-16(19(6-2)14(3)4)13-15-10-12-18-11-8-7-9-17(15)18/h7-12,14,16H,5-6,13H2,1-4H3. The second-order valence-corrected chi connectivity index (χ2v) is 5.52. The summed E-state index contributed by atoms with van der Waals surface area (Å²) in [6.07, 6.45) is 6.64. The van der Waals surface area contributed by atoms with E-state index in [0.717, 1.165) is 13.0 Å². The van der Waals surface area contributed by atoms with Crippen molar-refractivity contribution in [2.75, 3.05) is 6.54 Å². The number of nitrogens with zero attached hydrogens (tertiary/aromatic N) is 2. The zero-order valence-corrected chi connectivity index (χ0v) is 12.6. The molecule has 0 spiro atoms. The SMILES string of the molecule is CCC(Cc1ccn2ccccc12)N(CC)C(C)C. The van der Waals surface area contributed by atoms with Gasteiger partial charge in [-0.3, -0.25) is 4.90 Å². The Morgan fingerprint density at radius 2 is 1.89 bits per heavy atom. The minimum atomic E-state index is 0.615. The van der Waals surface area contributed by atoms with Crippen molar-refractivity contribution in [3.63, 3.8) is 0 Å². The van der Waals surface area contributed by atoms with Gasteiger partial charge in [-0.25, -0.2) is 0 Å². The van der Waals surface area contributed by atoms with Gasteiger partial charge < -0.3 is 4.40 Å². The van der Waals surface area contributed by atoms with Crippen molar-refractivity contribution >= 4 is 5.52 Å². The smallest absolute Gasteiger partial charge is 0.0482 e. The molecule has 104 valence electrons. The lowest BCUT2D eigenvalue weighted by atomic mass is 10.0. The fourth-order valence-electron chi connectivity index (χ4n) is 3.08. The molecule has 0 aromatic carbocycles. The molecule has 0 aliphatic heterocycles. The maximum atomic E-state index is 2.60. The molecular formula is C17H26N2. The van der Waals surface area contributed by atoms with Crippen molar-refractivity contribution < 1.29 is 0 Å². The maximum absolute atomic E-state index is 2.60. The van der Waals surface area contributed by atoms with Gasteiger partial charge in [-0.1, -0.05) is 19.9 Å². The highest BCUT2D eigenvalue weighted by molar-refractivity contribution is 5.55. The lowest BCUT2D eigenvalue weighted by Gasteiger charge is -2.33. The highest BCUT2D eigenvalue weighted by Gasteiger charge is 2.19. The highest BCUT2D eigenvalue weighted by atomic mass is 15.2. The maximum Gasteiger partial charge on any atom is 0.0482 e. The molecule has 1 atom stereocenters. The van der Waals surface area contributed by atoms with Gasteiger partial charge in [0.1, 0.15) is 0 Å². The topological polar surface area (TPSA) is 7.65 Å². The Bertz CT molecular complexity index is 513. The molecule has 0 saturated carbocycles. The molecule has 2 aromatic heterocycles. The third-order valence-corrected chi connectivity index (χ3v) is 4.08. The summed E-state index contributed by atoms with van der Waals surface area (Å²) in [5.74, 6) is 0. The lowest BCUT2D eigenvalue weighted by molar-refractivity contribution is 0.156. The minimum Gasteiger partial charge on any atom is -0.324 e. The van der Waals surface area contributed by atoms with E-state index in [1.54, 1.807) is 0 Å². The molecular weight excluding hydrogens is 232 g/mol. The van der Waals surface area contributed by atoms with Gasteiger partial charge in [0, 0.05) is 30.0 Å². The lowest BCUT2D eigenvalue weighted by Crippen LogP contribution is -2.41. The van der Waals surface area contributed by atoms with E-state index in [1.165, 1.54) is 17.5 Å². The fourth-order valence-corrected chi connectivity index (χ4v) is 3.08. The molecule has 0 N–H and O–H groups in total. The number of aromatic nitrogens is 1. The van der Waals surface area contributed by atoms with Gasteiger partial charge >= 0.3 is 0 Å². The predicted octanol–water partition coefficient (Wildman–Crippen LogP) is 3.99. The Balaban J connectivity index is 2.22. The number of rotatable bonds is 6. The van der Waals surface area contributed by atoms with Crippen LogP contribution in [0.3, 0.4) is 0 Å². The number of likely N-dealkylation sites (N-methyl/N-ethyl adjacent to an activating group) is 1. The summed E-state index contributed by atoms with van der Waals surface area (Å²) in [5.41, 5.74) is 2.81. The first-order chi connectivity index (χ1) is 9.17. The monoisotopic (exact) mass is 258 g/mol. The fraction of sp³-hybridized carbons (Fsp3) is 0.529. The van der Waals surface area contributed by atoms with Gasteiger partial charge in [0.15, 0.2) is 0 Å². The molecule has 2 heterocycles. The first-order valence-electron chi connectivity index (χ1n) is 7.47.